The van der Waals surface area contributed by atoms with Gasteiger partial charge in [0, 0.05) is 19.2 Å². The first-order valence-corrected chi connectivity index (χ1v) is 8.67. The molecule has 2 rings (SSSR count). The zero-order chi connectivity index (χ0) is 16.3. The number of carbonyl (C=O) groups is 1. The molecular formula is C14H22N2O5S. The largest absolute Gasteiger partial charge is 0.463 e. The van der Waals surface area contributed by atoms with Crippen LogP contribution in [0.1, 0.15) is 29.2 Å². The number of rotatable bonds is 5. The highest BCUT2D eigenvalue weighted by atomic mass is 32.2. The number of furan rings is 1. The van der Waals surface area contributed by atoms with Crippen LogP contribution in [0.5, 0.6) is 0 Å². The van der Waals surface area contributed by atoms with Crippen LogP contribution < -0.4 is 5.32 Å². The summed E-state index contributed by atoms with van der Waals surface area (Å²) in [4.78, 5) is 11.5. The van der Waals surface area contributed by atoms with Gasteiger partial charge in [-0.05, 0) is 39.3 Å². The fourth-order valence-corrected chi connectivity index (χ4v) is 4.33. The fourth-order valence-electron chi connectivity index (χ4n) is 2.70. The topological polar surface area (TPSA) is 88.9 Å². The maximum atomic E-state index is 12.7. The number of esters is 1. The van der Waals surface area contributed by atoms with E-state index < -0.39 is 16.0 Å². The molecule has 1 saturated heterocycles. The predicted octanol–water partition coefficient (Wildman–Crippen LogP) is 0.995. The predicted molar refractivity (Wildman–Crippen MR) is 80.2 cm³/mol. The number of aryl methyl sites for hydroxylation is 1. The van der Waals surface area contributed by atoms with Crippen LogP contribution in [-0.2, 0) is 14.8 Å². The molecule has 0 aromatic carbocycles. The molecule has 1 aliphatic rings. The minimum absolute atomic E-state index is 0.0416. The maximum Gasteiger partial charge on any atom is 0.373 e. The Balaban J connectivity index is 2.18. The molecule has 1 aliphatic heterocycles. The third kappa shape index (κ3) is 3.34. The van der Waals surface area contributed by atoms with Crippen LogP contribution in [0.4, 0.5) is 0 Å². The lowest BCUT2D eigenvalue weighted by atomic mass is 9.98. The molecule has 1 N–H and O–H groups in total. The van der Waals surface area contributed by atoms with E-state index in [9.17, 15) is 13.2 Å². The van der Waals surface area contributed by atoms with Crippen LogP contribution in [0.15, 0.2) is 15.4 Å². The molecule has 8 heteroatoms. The van der Waals surface area contributed by atoms with E-state index in [0.29, 0.717) is 19.0 Å². The summed E-state index contributed by atoms with van der Waals surface area (Å²) in [6, 6.07) is 1.25. The Labute approximate surface area is 130 Å². The van der Waals surface area contributed by atoms with Gasteiger partial charge in [0.15, 0.2) is 0 Å². The summed E-state index contributed by atoms with van der Waals surface area (Å²) in [5.41, 5.74) is 0. The molecular weight excluding hydrogens is 308 g/mol. The maximum absolute atomic E-state index is 12.7. The third-order valence-corrected chi connectivity index (χ3v) is 5.95. The number of piperidine rings is 1. The number of ether oxygens (including phenoxy) is 1. The lowest BCUT2D eigenvalue weighted by molar-refractivity contribution is 0.0563. The number of nitrogens with one attached hydrogen (secondary N) is 1. The van der Waals surface area contributed by atoms with E-state index in [1.165, 1.54) is 24.4 Å². The van der Waals surface area contributed by atoms with Crippen molar-refractivity contribution in [2.24, 2.45) is 5.92 Å². The molecule has 0 aliphatic carbocycles. The van der Waals surface area contributed by atoms with E-state index in [1.54, 1.807) is 0 Å². The average Bonchev–Trinajstić information content (AvgIpc) is 2.90. The van der Waals surface area contributed by atoms with E-state index in [1.807, 2.05) is 7.05 Å². The molecule has 124 valence electrons. The smallest absolute Gasteiger partial charge is 0.373 e. The minimum Gasteiger partial charge on any atom is -0.463 e. The van der Waals surface area contributed by atoms with Crippen molar-refractivity contribution in [3.63, 3.8) is 0 Å². The van der Waals surface area contributed by atoms with Gasteiger partial charge in [-0.2, -0.15) is 4.31 Å². The van der Waals surface area contributed by atoms with Crippen LogP contribution >= 0.6 is 0 Å². The Morgan fingerprint density at radius 3 is 2.64 bits per heavy atom. The average molecular weight is 330 g/mol. The second-order valence-corrected chi connectivity index (χ2v) is 7.33. The summed E-state index contributed by atoms with van der Waals surface area (Å²) in [6.07, 6.45) is 1.64. The zero-order valence-corrected chi connectivity index (χ0v) is 13.9. The first-order valence-electron chi connectivity index (χ1n) is 7.23. The summed E-state index contributed by atoms with van der Waals surface area (Å²) in [6.45, 7) is 3.39. The SMILES string of the molecule is CNCC1CCN(S(=O)(=O)c2cc(C(=O)OC)oc2C)CC1. The van der Waals surface area contributed by atoms with Gasteiger partial charge >= 0.3 is 5.97 Å². The molecule has 0 saturated carbocycles. The summed E-state index contributed by atoms with van der Waals surface area (Å²) >= 11 is 0. The second kappa shape index (κ2) is 6.80. The van der Waals surface area contributed by atoms with Crippen LogP contribution in [-0.4, -0.2) is 52.5 Å². The second-order valence-electron chi connectivity index (χ2n) is 5.43. The minimum atomic E-state index is -3.64. The van der Waals surface area contributed by atoms with E-state index in [2.05, 4.69) is 10.1 Å². The standard InChI is InChI=1S/C14H22N2O5S/c1-10-13(8-12(21-10)14(17)20-3)22(18,19)16-6-4-11(5-7-16)9-15-2/h8,11,15H,4-7,9H2,1-3H3. The van der Waals surface area contributed by atoms with Crippen molar-refractivity contribution in [2.75, 3.05) is 33.8 Å². The van der Waals surface area contributed by atoms with E-state index in [4.69, 9.17) is 4.42 Å². The number of hydrogen-bond donors (Lipinski definition) is 1. The number of nitrogens with zero attached hydrogens (tertiary/aromatic N) is 1. The molecule has 2 heterocycles. The van der Waals surface area contributed by atoms with Gasteiger partial charge in [0.1, 0.15) is 10.7 Å². The van der Waals surface area contributed by atoms with Crippen molar-refractivity contribution >= 4 is 16.0 Å². The van der Waals surface area contributed by atoms with Crippen molar-refractivity contribution in [3.05, 3.63) is 17.6 Å². The quantitative estimate of drug-likeness (QED) is 0.810. The molecule has 1 aromatic rings. The Hall–Kier alpha value is -1.38. The first-order chi connectivity index (χ1) is 10.4. The first kappa shape index (κ1) is 17.0. The van der Waals surface area contributed by atoms with Crippen molar-refractivity contribution < 1.29 is 22.4 Å². The fraction of sp³-hybridized carbons (Fsp3) is 0.643. The Morgan fingerprint density at radius 1 is 1.45 bits per heavy atom. The number of methoxy groups -OCH3 is 1. The third-order valence-electron chi connectivity index (χ3n) is 3.94. The lowest BCUT2D eigenvalue weighted by Gasteiger charge is -2.30. The van der Waals surface area contributed by atoms with Crippen LogP contribution in [0.25, 0.3) is 0 Å². The van der Waals surface area contributed by atoms with Gasteiger partial charge in [0.25, 0.3) is 0 Å². The Kier molecular flexibility index (Phi) is 5.25. The molecule has 1 fully saturated rings. The summed E-state index contributed by atoms with van der Waals surface area (Å²) < 4.78 is 36.6. The monoisotopic (exact) mass is 330 g/mol. The van der Waals surface area contributed by atoms with Crippen LogP contribution in [0.2, 0.25) is 0 Å². The molecule has 1 aromatic heterocycles. The van der Waals surface area contributed by atoms with Gasteiger partial charge < -0.3 is 14.5 Å². The normalized spacial score (nSPS) is 17.6. The van der Waals surface area contributed by atoms with E-state index in [-0.39, 0.29) is 16.4 Å². The summed E-state index contributed by atoms with van der Waals surface area (Å²) in [7, 11) is -0.522. The van der Waals surface area contributed by atoms with E-state index in [0.717, 1.165) is 19.4 Å². The Morgan fingerprint density at radius 2 is 2.09 bits per heavy atom. The van der Waals surface area contributed by atoms with Crippen molar-refractivity contribution in [2.45, 2.75) is 24.7 Å². The van der Waals surface area contributed by atoms with Crippen LogP contribution in [0.3, 0.4) is 0 Å². The highest BCUT2D eigenvalue weighted by Crippen LogP contribution is 2.27. The van der Waals surface area contributed by atoms with Gasteiger partial charge in [-0.1, -0.05) is 0 Å². The summed E-state index contributed by atoms with van der Waals surface area (Å²) in [5, 5.41) is 3.12. The molecule has 0 bridgehead atoms. The molecule has 0 radical (unpaired) electrons. The van der Waals surface area contributed by atoms with Gasteiger partial charge in [-0.15, -0.1) is 0 Å². The molecule has 0 spiro atoms. The molecule has 0 amide bonds. The van der Waals surface area contributed by atoms with Gasteiger partial charge in [0.05, 0.1) is 7.11 Å². The summed E-state index contributed by atoms with van der Waals surface area (Å²) in [5.74, 6) is -0.0776. The lowest BCUT2D eigenvalue weighted by Crippen LogP contribution is -2.40. The highest BCUT2D eigenvalue weighted by Gasteiger charge is 2.32. The number of hydrogen-bond acceptors (Lipinski definition) is 6. The van der Waals surface area contributed by atoms with Gasteiger partial charge in [0.2, 0.25) is 15.8 Å². The molecule has 22 heavy (non-hydrogen) atoms. The molecule has 0 unspecified atom stereocenters. The van der Waals surface area contributed by atoms with Crippen molar-refractivity contribution in [3.8, 4) is 0 Å². The van der Waals surface area contributed by atoms with Gasteiger partial charge in [-0.3, -0.25) is 0 Å². The Bertz CT molecular complexity index is 630. The zero-order valence-electron chi connectivity index (χ0n) is 13.1. The van der Waals surface area contributed by atoms with Crippen molar-refractivity contribution in [1.82, 2.24) is 9.62 Å². The van der Waals surface area contributed by atoms with Crippen molar-refractivity contribution in [1.29, 1.82) is 0 Å². The van der Waals surface area contributed by atoms with Gasteiger partial charge in [-0.25, -0.2) is 13.2 Å². The number of carbonyl (C=O) groups excluding carboxylic acids is 1. The van der Waals surface area contributed by atoms with Crippen LogP contribution in [0, 0.1) is 12.8 Å². The molecule has 0 atom stereocenters. The van der Waals surface area contributed by atoms with E-state index >= 15 is 0 Å². The molecule has 7 nitrogen and oxygen atoms in total. The number of sulfonamides is 1. The highest BCUT2D eigenvalue weighted by molar-refractivity contribution is 7.89.